The zero-order valence-corrected chi connectivity index (χ0v) is 20.2. The van der Waals surface area contributed by atoms with Crippen molar-refractivity contribution in [2.24, 2.45) is 5.92 Å². The van der Waals surface area contributed by atoms with Gasteiger partial charge in [-0.2, -0.15) is 4.31 Å². The zero-order valence-electron chi connectivity index (χ0n) is 18.7. The monoisotopic (exact) mass is 498 g/mol. The molecule has 0 aromatic heterocycles. The minimum atomic E-state index is -3.76. The minimum absolute atomic E-state index is 0.220. The van der Waals surface area contributed by atoms with Gasteiger partial charge in [0.15, 0.2) is 0 Å². The molecule has 0 spiro atoms. The number of benzene rings is 1. The van der Waals surface area contributed by atoms with Crippen LogP contribution in [0.15, 0.2) is 29.2 Å². The highest BCUT2D eigenvalue weighted by Gasteiger charge is 2.53. The molecule has 2 saturated carbocycles. The van der Waals surface area contributed by atoms with Gasteiger partial charge in [-0.15, -0.1) is 0 Å². The van der Waals surface area contributed by atoms with E-state index in [0.29, 0.717) is 56.9 Å². The molecule has 2 aliphatic carbocycles. The summed E-state index contributed by atoms with van der Waals surface area (Å²) in [6.45, 7) is 2.73. The molecule has 10 heteroatoms. The summed E-state index contributed by atoms with van der Waals surface area (Å²) in [5, 5.41) is 0.494. The number of carbonyl (C=O) groups excluding carboxylic acids is 1. The largest absolute Gasteiger partial charge is 0.443 e. The number of halogens is 1. The van der Waals surface area contributed by atoms with E-state index in [1.54, 1.807) is 33.5 Å². The van der Waals surface area contributed by atoms with Gasteiger partial charge >= 0.3 is 6.09 Å². The van der Waals surface area contributed by atoms with Crippen molar-refractivity contribution < 1.29 is 27.4 Å². The summed E-state index contributed by atoms with van der Waals surface area (Å²) in [4.78, 5) is 14.6. The molecule has 0 unspecified atom stereocenters. The lowest BCUT2D eigenvalue weighted by molar-refractivity contribution is -0.0398. The number of amides is 1. The Morgan fingerprint density at radius 2 is 1.73 bits per heavy atom. The van der Waals surface area contributed by atoms with E-state index >= 15 is 0 Å². The van der Waals surface area contributed by atoms with Crippen LogP contribution in [0.3, 0.4) is 0 Å². The number of nitrogens with zero attached hydrogens (tertiary/aromatic N) is 2. The van der Waals surface area contributed by atoms with Crippen LogP contribution in [-0.2, 0) is 24.2 Å². The number of carbonyl (C=O) groups is 1. The van der Waals surface area contributed by atoms with Gasteiger partial charge in [-0.25, -0.2) is 13.2 Å². The summed E-state index contributed by atoms with van der Waals surface area (Å²) in [5.74, 6) is 0.550. The van der Waals surface area contributed by atoms with Crippen LogP contribution in [-0.4, -0.2) is 80.9 Å². The van der Waals surface area contributed by atoms with Crippen LogP contribution in [0.1, 0.15) is 38.5 Å². The molecule has 4 fully saturated rings. The molecular formula is C23H31ClN2O6S. The van der Waals surface area contributed by atoms with Crippen molar-refractivity contribution in [3.05, 3.63) is 29.3 Å². The Labute approximate surface area is 200 Å². The van der Waals surface area contributed by atoms with Crippen LogP contribution in [0.4, 0.5) is 4.79 Å². The molecular weight excluding hydrogens is 468 g/mol. The first-order valence-corrected chi connectivity index (χ1v) is 13.6. The van der Waals surface area contributed by atoms with Crippen LogP contribution in [0, 0.1) is 5.92 Å². The third kappa shape index (κ3) is 5.32. The number of hydrogen-bond donors (Lipinski definition) is 0. The summed E-state index contributed by atoms with van der Waals surface area (Å²) in [6, 6.07) is 5.72. The fourth-order valence-corrected chi connectivity index (χ4v) is 6.79. The normalized spacial score (nSPS) is 27.8. The summed E-state index contributed by atoms with van der Waals surface area (Å²) < 4.78 is 46.4. The van der Waals surface area contributed by atoms with E-state index in [2.05, 4.69) is 0 Å². The number of ether oxygens (including phenoxy) is 3. The Morgan fingerprint density at radius 3 is 2.36 bits per heavy atom. The highest BCUT2D eigenvalue weighted by atomic mass is 35.5. The smallest absolute Gasteiger partial charge is 0.410 e. The molecule has 2 aliphatic heterocycles. The van der Waals surface area contributed by atoms with Crippen molar-refractivity contribution in [3.8, 4) is 0 Å². The Kier molecular flexibility index (Phi) is 6.61. The van der Waals surface area contributed by atoms with Gasteiger partial charge in [0.05, 0.1) is 37.4 Å². The van der Waals surface area contributed by atoms with Gasteiger partial charge in [-0.1, -0.05) is 24.4 Å². The van der Waals surface area contributed by atoms with Gasteiger partial charge in [0.2, 0.25) is 10.0 Å². The minimum Gasteiger partial charge on any atom is -0.443 e. The van der Waals surface area contributed by atoms with Crippen molar-refractivity contribution in [1.82, 2.24) is 9.21 Å². The Hall–Kier alpha value is -1.39. The van der Waals surface area contributed by atoms with Crippen LogP contribution in [0.25, 0.3) is 0 Å². The lowest BCUT2D eigenvalue weighted by Crippen LogP contribution is -2.56. The standard InChI is InChI=1S/C23H31ClN2O6S/c24-18-3-5-21(6-4-18)33(28,29)26-19(13-17-1-2-17)15-31-16-20(26)14-23(7-8-23)32-22(27)25-9-11-30-12-10-25/h3-6,17,19-20H,1-2,7-16H2/t19-,20+/m1/s1. The van der Waals surface area contributed by atoms with Gasteiger partial charge in [-0.05, 0) is 49.4 Å². The molecule has 0 N–H and O–H groups in total. The molecule has 4 aliphatic rings. The average Bonchev–Trinajstić information content (AvgIpc) is 3.73. The highest BCUT2D eigenvalue weighted by molar-refractivity contribution is 7.89. The molecule has 1 aromatic rings. The molecule has 2 saturated heterocycles. The van der Waals surface area contributed by atoms with Crippen molar-refractivity contribution in [3.63, 3.8) is 0 Å². The first kappa shape index (κ1) is 23.4. The van der Waals surface area contributed by atoms with Gasteiger partial charge in [0, 0.05) is 30.6 Å². The number of sulfonamides is 1. The molecule has 2 atom stereocenters. The maximum Gasteiger partial charge on any atom is 0.410 e. The SMILES string of the molecule is O=C(OC1(C[C@H]2COC[C@@H](CC3CC3)N2S(=O)(=O)c2ccc(Cl)cc2)CC1)N1CCOCC1. The van der Waals surface area contributed by atoms with E-state index < -0.39 is 15.6 Å². The fraction of sp³-hybridized carbons (Fsp3) is 0.696. The van der Waals surface area contributed by atoms with Gasteiger partial charge in [0.25, 0.3) is 0 Å². The maximum atomic E-state index is 13.8. The predicted molar refractivity (Wildman–Crippen MR) is 122 cm³/mol. The summed E-state index contributed by atoms with van der Waals surface area (Å²) in [7, 11) is -3.76. The number of hydrogen-bond acceptors (Lipinski definition) is 6. The molecule has 1 aromatic carbocycles. The van der Waals surface area contributed by atoms with E-state index in [0.717, 1.165) is 32.1 Å². The Morgan fingerprint density at radius 1 is 1.06 bits per heavy atom. The Balaban J connectivity index is 1.36. The zero-order chi connectivity index (χ0) is 23.1. The Bertz CT molecular complexity index is 958. The van der Waals surface area contributed by atoms with E-state index in [9.17, 15) is 13.2 Å². The quantitative estimate of drug-likeness (QED) is 0.573. The maximum absolute atomic E-state index is 13.8. The lowest BCUT2D eigenvalue weighted by atomic mass is 10.0. The number of rotatable bonds is 7. The highest BCUT2D eigenvalue weighted by Crippen LogP contribution is 2.47. The van der Waals surface area contributed by atoms with Crippen LogP contribution < -0.4 is 0 Å². The van der Waals surface area contributed by atoms with Crippen LogP contribution in [0.2, 0.25) is 5.02 Å². The molecule has 0 radical (unpaired) electrons. The molecule has 33 heavy (non-hydrogen) atoms. The lowest BCUT2D eigenvalue weighted by Gasteiger charge is -2.42. The van der Waals surface area contributed by atoms with Crippen molar-refractivity contribution in [2.45, 2.75) is 61.1 Å². The first-order chi connectivity index (χ1) is 15.9. The molecule has 0 bridgehead atoms. The molecule has 1 amide bonds. The summed E-state index contributed by atoms with van der Waals surface area (Å²) in [6.07, 6.45) is 4.65. The van der Waals surface area contributed by atoms with Crippen LogP contribution >= 0.6 is 11.6 Å². The van der Waals surface area contributed by atoms with Gasteiger partial charge in [0.1, 0.15) is 5.60 Å². The number of morpholine rings is 2. The third-order valence-corrected chi connectivity index (χ3v) is 9.29. The fourth-order valence-electron chi connectivity index (χ4n) is 4.88. The molecule has 182 valence electrons. The van der Waals surface area contributed by atoms with Gasteiger partial charge in [-0.3, -0.25) is 0 Å². The van der Waals surface area contributed by atoms with Crippen LogP contribution in [0.5, 0.6) is 0 Å². The van der Waals surface area contributed by atoms with Crippen molar-refractivity contribution in [2.75, 3.05) is 39.5 Å². The van der Waals surface area contributed by atoms with Gasteiger partial charge < -0.3 is 19.1 Å². The van der Waals surface area contributed by atoms with Crippen molar-refractivity contribution in [1.29, 1.82) is 0 Å². The third-order valence-electron chi connectivity index (χ3n) is 7.02. The van der Waals surface area contributed by atoms with E-state index in [-0.39, 0.29) is 23.1 Å². The second-order valence-electron chi connectivity index (χ2n) is 9.67. The van der Waals surface area contributed by atoms with E-state index in [1.165, 1.54) is 0 Å². The second kappa shape index (κ2) is 9.34. The predicted octanol–water partition coefficient (Wildman–Crippen LogP) is 3.29. The topological polar surface area (TPSA) is 85.4 Å². The molecule has 5 rings (SSSR count). The summed E-state index contributed by atoms with van der Waals surface area (Å²) in [5.41, 5.74) is -0.626. The second-order valence-corrected chi connectivity index (χ2v) is 11.9. The molecule has 2 heterocycles. The first-order valence-electron chi connectivity index (χ1n) is 11.8. The average molecular weight is 499 g/mol. The van der Waals surface area contributed by atoms with E-state index in [1.807, 2.05) is 0 Å². The van der Waals surface area contributed by atoms with E-state index in [4.69, 9.17) is 25.8 Å². The summed E-state index contributed by atoms with van der Waals surface area (Å²) >= 11 is 6.00. The molecule has 8 nitrogen and oxygen atoms in total. The van der Waals surface area contributed by atoms with Crippen molar-refractivity contribution >= 4 is 27.7 Å².